The van der Waals surface area contributed by atoms with Crippen molar-refractivity contribution in [2.45, 2.75) is 19.4 Å². The monoisotopic (exact) mass is 438 g/mol. The number of hydrogen-bond acceptors (Lipinski definition) is 5. The Bertz CT molecular complexity index is 848. The molecule has 0 fully saturated rings. The number of carbonyl (C=O) groups excluding carboxylic acids is 2. The number of halogens is 2. The molecule has 0 heterocycles. The summed E-state index contributed by atoms with van der Waals surface area (Å²) < 4.78 is 23.8. The fourth-order valence-corrected chi connectivity index (χ4v) is 2.43. The Morgan fingerprint density at radius 3 is 2.30 bits per heavy atom. The number of hydrogen-bond donors (Lipinski definition) is 3. The molecular formula is C21H24ClFN2O5. The average Bonchev–Trinajstić information content (AvgIpc) is 2.72. The van der Waals surface area contributed by atoms with Crippen LogP contribution in [-0.2, 0) is 9.59 Å². The summed E-state index contributed by atoms with van der Waals surface area (Å²) in [5.41, 5.74) is 1.10. The van der Waals surface area contributed by atoms with Gasteiger partial charge in [-0.2, -0.15) is 0 Å². The van der Waals surface area contributed by atoms with Crippen LogP contribution in [0.4, 0.5) is 4.39 Å². The Balaban J connectivity index is 1.56. The Labute approximate surface area is 179 Å². The van der Waals surface area contributed by atoms with E-state index < -0.39 is 17.8 Å². The van der Waals surface area contributed by atoms with Crippen LogP contribution in [-0.4, -0.2) is 49.3 Å². The zero-order valence-electron chi connectivity index (χ0n) is 16.5. The molecule has 30 heavy (non-hydrogen) atoms. The number of ether oxygens (including phenoxy) is 2. The van der Waals surface area contributed by atoms with E-state index in [9.17, 15) is 19.1 Å². The van der Waals surface area contributed by atoms with Gasteiger partial charge in [-0.05, 0) is 37.6 Å². The van der Waals surface area contributed by atoms with E-state index in [2.05, 4.69) is 10.6 Å². The molecule has 1 atom stereocenters. The molecule has 0 spiro atoms. The van der Waals surface area contributed by atoms with E-state index >= 15 is 0 Å². The van der Waals surface area contributed by atoms with Gasteiger partial charge >= 0.3 is 0 Å². The van der Waals surface area contributed by atoms with Gasteiger partial charge in [0.2, 0.25) is 0 Å². The highest BCUT2D eigenvalue weighted by Crippen LogP contribution is 2.20. The molecule has 3 N–H and O–H groups in total. The highest BCUT2D eigenvalue weighted by molar-refractivity contribution is 6.30. The molecule has 162 valence electrons. The third kappa shape index (κ3) is 8.67. The molecule has 0 unspecified atom stereocenters. The number of benzene rings is 2. The molecular weight excluding hydrogens is 415 g/mol. The van der Waals surface area contributed by atoms with Crippen LogP contribution in [0.5, 0.6) is 11.5 Å². The molecule has 9 heteroatoms. The zero-order chi connectivity index (χ0) is 21.9. The van der Waals surface area contributed by atoms with Gasteiger partial charge < -0.3 is 25.2 Å². The van der Waals surface area contributed by atoms with Gasteiger partial charge in [0.15, 0.2) is 13.2 Å². The van der Waals surface area contributed by atoms with Gasteiger partial charge in [0, 0.05) is 19.2 Å². The van der Waals surface area contributed by atoms with E-state index in [1.165, 1.54) is 12.1 Å². The lowest BCUT2D eigenvalue weighted by Gasteiger charge is -2.13. The third-order valence-electron chi connectivity index (χ3n) is 3.99. The predicted octanol–water partition coefficient (Wildman–Crippen LogP) is 2.23. The molecule has 0 aliphatic rings. The fourth-order valence-electron chi connectivity index (χ4n) is 2.31. The summed E-state index contributed by atoms with van der Waals surface area (Å²) in [7, 11) is 0. The van der Waals surface area contributed by atoms with Crippen molar-refractivity contribution in [1.82, 2.24) is 10.6 Å². The molecule has 0 saturated heterocycles. The number of nitrogens with one attached hydrogen (secondary N) is 2. The number of aliphatic hydroxyl groups is 1. The van der Waals surface area contributed by atoms with Crippen LogP contribution in [0.15, 0.2) is 42.5 Å². The average molecular weight is 439 g/mol. The molecule has 0 aliphatic heterocycles. The number of aryl methyl sites for hydroxylation is 1. The summed E-state index contributed by atoms with van der Waals surface area (Å²) in [6, 6.07) is 11.2. The first kappa shape index (κ1) is 23.4. The van der Waals surface area contributed by atoms with E-state index in [0.29, 0.717) is 5.75 Å². The molecule has 0 aromatic heterocycles. The van der Waals surface area contributed by atoms with Crippen LogP contribution in [0.1, 0.15) is 12.0 Å². The van der Waals surface area contributed by atoms with Gasteiger partial charge in [-0.1, -0.05) is 29.3 Å². The Morgan fingerprint density at radius 2 is 1.63 bits per heavy atom. The summed E-state index contributed by atoms with van der Waals surface area (Å²) in [5.74, 6) is -0.656. The van der Waals surface area contributed by atoms with Gasteiger partial charge in [-0.25, -0.2) is 4.39 Å². The molecule has 2 aromatic carbocycles. The van der Waals surface area contributed by atoms with Crippen molar-refractivity contribution >= 4 is 23.4 Å². The first-order chi connectivity index (χ1) is 14.3. The Morgan fingerprint density at radius 1 is 1.03 bits per heavy atom. The van der Waals surface area contributed by atoms with Crippen molar-refractivity contribution in [3.63, 3.8) is 0 Å². The zero-order valence-corrected chi connectivity index (χ0v) is 17.2. The largest absolute Gasteiger partial charge is 0.484 e. The van der Waals surface area contributed by atoms with Crippen LogP contribution >= 0.6 is 11.6 Å². The van der Waals surface area contributed by atoms with Crippen LogP contribution in [0.25, 0.3) is 0 Å². The lowest BCUT2D eigenvalue weighted by molar-refractivity contribution is -0.124. The Kier molecular flexibility index (Phi) is 9.37. The quantitative estimate of drug-likeness (QED) is 0.500. The molecule has 2 amide bonds. The predicted molar refractivity (Wildman–Crippen MR) is 110 cm³/mol. The van der Waals surface area contributed by atoms with Crippen LogP contribution < -0.4 is 20.1 Å². The second-order valence-corrected chi connectivity index (χ2v) is 6.97. The summed E-state index contributed by atoms with van der Waals surface area (Å²) >= 11 is 5.57. The number of rotatable bonds is 11. The fraction of sp³-hybridized carbons (Fsp3) is 0.333. The van der Waals surface area contributed by atoms with Crippen molar-refractivity contribution in [2.75, 3.05) is 26.3 Å². The van der Waals surface area contributed by atoms with E-state index in [-0.39, 0.29) is 49.4 Å². The van der Waals surface area contributed by atoms with Gasteiger partial charge in [0.05, 0.1) is 11.1 Å². The van der Waals surface area contributed by atoms with Crippen LogP contribution in [0.3, 0.4) is 0 Å². The van der Waals surface area contributed by atoms with Crippen LogP contribution in [0.2, 0.25) is 5.02 Å². The van der Waals surface area contributed by atoms with Gasteiger partial charge in [-0.15, -0.1) is 0 Å². The minimum atomic E-state index is -0.847. The molecule has 0 bridgehead atoms. The first-order valence-corrected chi connectivity index (χ1v) is 9.70. The maximum absolute atomic E-state index is 13.3. The van der Waals surface area contributed by atoms with Crippen molar-refractivity contribution in [3.05, 3.63) is 58.9 Å². The minimum absolute atomic E-state index is 0.00703. The second kappa shape index (κ2) is 12.0. The SMILES string of the molecule is Cc1ccc(OCC(=O)NCC[C@H](O)CNC(=O)COc2ccc(Cl)c(F)c2)cc1. The minimum Gasteiger partial charge on any atom is -0.484 e. The summed E-state index contributed by atoms with van der Waals surface area (Å²) in [4.78, 5) is 23.5. The molecule has 0 radical (unpaired) electrons. The lowest BCUT2D eigenvalue weighted by Crippen LogP contribution is -2.37. The highest BCUT2D eigenvalue weighted by atomic mass is 35.5. The highest BCUT2D eigenvalue weighted by Gasteiger charge is 2.10. The molecule has 2 rings (SSSR count). The molecule has 0 saturated carbocycles. The van der Waals surface area contributed by atoms with Crippen molar-refractivity contribution in [3.8, 4) is 11.5 Å². The smallest absolute Gasteiger partial charge is 0.258 e. The van der Waals surface area contributed by atoms with Crippen LogP contribution in [0, 0.1) is 12.7 Å². The summed E-state index contributed by atoms with van der Waals surface area (Å²) in [6.45, 7) is 1.72. The third-order valence-corrected chi connectivity index (χ3v) is 4.29. The van der Waals surface area contributed by atoms with E-state index in [0.717, 1.165) is 11.6 Å². The maximum Gasteiger partial charge on any atom is 0.258 e. The number of amides is 2. The van der Waals surface area contributed by atoms with Gasteiger partial charge in [-0.3, -0.25) is 9.59 Å². The first-order valence-electron chi connectivity index (χ1n) is 9.32. The standard InChI is InChI=1S/C21H24ClFN2O5/c1-14-2-4-16(5-3-14)29-12-20(27)24-9-8-15(26)11-25-21(28)13-30-17-6-7-18(22)19(23)10-17/h2-7,10,15,26H,8-9,11-13H2,1H3,(H,24,27)(H,25,28)/t15-/m0/s1. The topological polar surface area (TPSA) is 96.9 Å². The summed E-state index contributed by atoms with van der Waals surface area (Å²) in [5, 5.41) is 15.0. The van der Waals surface area contributed by atoms with E-state index in [4.69, 9.17) is 21.1 Å². The van der Waals surface area contributed by atoms with Gasteiger partial charge in [0.1, 0.15) is 17.3 Å². The van der Waals surface area contributed by atoms with E-state index in [1.54, 1.807) is 12.1 Å². The molecule has 0 aliphatic carbocycles. The number of carbonyl (C=O) groups is 2. The Hall–Kier alpha value is -2.84. The van der Waals surface area contributed by atoms with Crippen molar-refractivity contribution in [1.29, 1.82) is 0 Å². The molecule has 7 nitrogen and oxygen atoms in total. The number of aliphatic hydroxyl groups excluding tert-OH is 1. The van der Waals surface area contributed by atoms with Gasteiger partial charge in [0.25, 0.3) is 11.8 Å². The maximum atomic E-state index is 13.3. The normalized spacial score (nSPS) is 11.5. The second-order valence-electron chi connectivity index (χ2n) is 6.56. The summed E-state index contributed by atoms with van der Waals surface area (Å²) in [6.07, 6.45) is -0.597. The lowest BCUT2D eigenvalue weighted by atomic mass is 10.2. The molecule has 2 aromatic rings. The van der Waals surface area contributed by atoms with E-state index in [1.807, 2.05) is 19.1 Å². The van der Waals surface area contributed by atoms with Crippen molar-refractivity contribution in [2.24, 2.45) is 0 Å². The van der Waals surface area contributed by atoms with Crippen molar-refractivity contribution < 1.29 is 28.6 Å².